The topological polar surface area (TPSA) is 119 Å². The zero-order valence-electron chi connectivity index (χ0n) is 30.7. The van der Waals surface area contributed by atoms with Crippen LogP contribution in [0, 0.1) is 0 Å². The Morgan fingerprint density at radius 1 is 0.583 bits per heavy atom. The summed E-state index contributed by atoms with van der Waals surface area (Å²) in [4.78, 5) is 42.7. The maximum absolute atomic E-state index is 12.4. The van der Waals surface area contributed by atoms with Crippen LogP contribution in [0.15, 0.2) is 24.8 Å². The molecule has 0 heterocycles. The lowest BCUT2D eigenvalue weighted by Gasteiger charge is -2.18. The second-order valence-corrected chi connectivity index (χ2v) is 14.6. The zero-order valence-corrected chi connectivity index (χ0v) is 31.6. The van der Waals surface area contributed by atoms with Crippen molar-refractivity contribution in [1.29, 1.82) is 0 Å². The van der Waals surface area contributed by atoms with Gasteiger partial charge in [-0.3, -0.25) is 14.1 Å². The SMILES string of the molecule is C=CCCCCCCCCCCCCCCCC(=O)O[C@H](COC(=O)CCCC/C=C/CCCCCCCCCCC)COP(=O)(O)O. The van der Waals surface area contributed by atoms with Gasteiger partial charge in [0.05, 0.1) is 6.61 Å². The summed E-state index contributed by atoms with van der Waals surface area (Å²) in [6.07, 6.45) is 37.9. The summed E-state index contributed by atoms with van der Waals surface area (Å²) in [7, 11) is -4.75. The highest BCUT2D eigenvalue weighted by Crippen LogP contribution is 2.36. The van der Waals surface area contributed by atoms with Crippen molar-refractivity contribution >= 4 is 19.8 Å². The summed E-state index contributed by atoms with van der Waals surface area (Å²) < 4.78 is 26.3. The molecule has 0 aromatic heterocycles. The summed E-state index contributed by atoms with van der Waals surface area (Å²) in [5, 5.41) is 0. The van der Waals surface area contributed by atoms with Crippen molar-refractivity contribution in [1.82, 2.24) is 0 Å². The Kier molecular flexibility index (Phi) is 34.3. The van der Waals surface area contributed by atoms with Gasteiger partial charge in [-0.1, -0.05) is 147 Å². The smallest absolute Gasteiger partial charge is 0.462 e. The molecule has 0 aliphatic heterocycles. The van der Waals surface area contributed by atoms with Crippen molar-refractivity contribution in [3.63, 3.8) is 0 Å². The molecule has 0 spiro atoms. The fourth-order valence-corrected chi connectivity index (χ4v) is 6.00. The molecule has 8 nitrogen and oxygen atoms in total. The van der Waals surface area contributed by atoms with Crippen LogP contribution in [0.1, 0.15) is 193 Å². The fourth-order valence-electron chi connectivity index (χ4n) is 5.64. The normalized spacial score (nSPS) is 12.4. The fraction of sp³-hybridized carbons (Fsp3) is 0.846. The molecule has 0 fully saturated rings. The molecule has 1 atom stereocenters. The van der Waals surface area contributed by atoms with E-state index in [4.69, 9.17) is 19.3 Å². The average molecular weight is 701 g/mol. The number of rotatable bonds is 37. The first-order valence-electron chi connectivity index (χ1n) is 19.6. The van der Waals surface area contributed by atoms with E-state index in [0.717, 1.165) is 44.9 Å². The largest absolute Gasteiger partial charge is 0.469 e. The number of phosphoric acid groups is 1. The Labute approximate surface area is 294 Å². The molecule has 0 unspecified atom stereocenters. The molecule has 0 bridgehead atoms. The van der Waals surface area contributed by atoms with Gasteiger partial charge in [0, 0.05) is 12.8 Å². The lowest BCUT2D eigenvalue weighted by molar-refractivity contribution is -0.161. The van der Waals surface area contributed by atoms with Crippen molar-refractivity contribution in [2.24, 2.45) is 0 Å². The molecule has 0 saturated heterocycles. The van der Waals surface area contributed by atoms with Crippen molar-refractivity contribution in [3.8, 4) is 0 Å². The van der Waals surface area contributed by atoms with E-state index in [9.17, 15) is 14.2 Å². The molecule has 2 N–H and O–H groups in total. The molecule has 0 aliphatic carbocycles. The molecule has 0 radical (unpaired) electrons. The van der Waals surface area contributed by atoms with Crippen molar-refractivity contribution in [2.75, 3.05) is 13.2 Å². The van der Waals surface area contributed by atoms with Crippen molar-refractivity contribution in [2.45, 2.75) is 199 Å². The van der Waals surface area contributed by atoms with Gasteiger partial charge >= 0.3 is 19.8 Å². The van der Waals surface area contributed by atoms with E-state index >= 15 is 0 Å². The summed E-state index contributed by atoms with van der Waals surface area (Å²) in [5.41, 5.74) is 0. The summed E-state index contributed by atoms with van der Waals surface area (Å²) in [5.74, 6) is -0.908. The molecule has 0 aliphatic rings. The maximum Gasteiger partial charge on any atom is 0.469 e. The van der Waals surface area contributed by atoms with Gasteiger partial charge in [0.25, 0.3) is 0 Å². The van der Waals surface area contributed by atoms with Crippen LogP contribution < -0.4 is 0 Å². The van der Waals surface area contributed by atoms with Crippen LogP contribution in [-0.4, -0.2) is 41.0 Å². The Hall–Kier alpha value is -1.47. The number of allylic oxidation sites excluding steroid dienone is 3. The number of ether oxygens (including phenoxy) is 2. The third-order valence-electron chi connectivity index (χ3n) is 8.59. The highest BCUT2D eigenvalue weighted by molar-refractivity contribution is 7.46. The maximum atomic E-state index is 12.4. The Morgan fingerprint density at radius 2 is 0.979 bits per heavy atom. The van der Waals surface area contributed by atoms with Gasteiger partial charge in [-0.05, 0) is 51.4 Å². The summed E-state index contributed by atoms with van der Waals surface area (Å²) >= 11 is 0. The summed E-state index contributed by atoms with van der Waals surface area (Å²) in [6.45, 7) is 5.18. The quantitative estimate of drug-likeness (QED) is 0.0284. The van der Waals surface area contributed by atoms with Gasteiger partial charge in [-0.2, -0.15) is 0 Å². The van der Waals surface area contributed by atoms with Crippen LogP contribution in [-0.2, 0) is 28.2 Å². The van der Waals surface area contributed by atoms with Gasteiger partial charge < -0.3 is 19.3 Å². The Balaban J connectivity index is 3.94. The number of carbonyl (C=O) groups is 2. The first-order chi connectivity index (χ1) is 23.3. The third kappa shape index (κ3) is 37.4. The van der Waals surface area contributed by atoms with E-state index in [0.29, 0.717) is 12.8 Å². The molecule has 0 saturated carbocycles. The van der Waals surface area contributed by atoms with Gasteiger partial charge in [-0.15, -0.1) is 6.58 Å². The molecule has 0 rings (SSSR count). The van der Waals surface area contributed by atoms with Crippen molar-refractivity contribution in [3.05, 3.63) is 24.8 Å². The monoisotopic (exact) mass is 701 g/mol. The van der Waals surface area contributed by atoms with E-state index in [-0.39, 0.29) is 19.4 Å². The minimum Gasteiger partial charge on any atom is -0.462 e. The van der Waals surface area contributed by atoms with E-state index in [1.54, 1.807) is 0 Å². The zero-order chi connectivity index (χ0) is 35.4. The van der Waals surface area contributed by atoms with Crippen LogP contribution in [0.25, 0.3) is 0 Å². The number of phosphoric ester groups is 1. The number of carbonyl (C=O) groups excluding carboxylic acids is 2. The molecular weight excluding hydrogens is 627 g/mol. The van der Waals surface area contributed by atoms with Crippen LogP contribution in [0.2, 0.25) is 0 Å². The molecule has 48 heavy (non-hydrogen) atoms. The predicted octanol–water partition coefficient (Wildman–Crippen LogP) is 11.6. The van der Waals surface area contributed by atoms with Crippen molar-refractivity contribution < 1.29 is 37.9 Å². The average Bonchev–Trinajstić information content (AvgIpc) is 3.05. The van der Waals surface area contributed by atoms with Crippen LogP contribution >= 0.6 is 7.82 Å². The van der Waals surface area contributed by atoms with E-state index < -0.39 is 32.5 Å². The molecule has 0 aromatic carbocycles. The third-order valence-corrected chi connectivity index (χ3v) is 9.07. The van der Waals surface area contributed by atoms with E-state index in [1.165, 1.54) is 116 Å². The van der Waals surface area contributed by atoms with Crippen LogP contribution in [0.5, 0.6) is 0 Å². The Morgan fingerprint density at radius 3 is 1.46 bits per heavy atom. The first kappa shape index (κ1) is 46.5. The first-order valence-corrected chi connectivity index (χ1v) is 21.1. The lowest BCUT2D eigenvalue weighted by Crippen LogP contribution is -2.29. The number of esters is 2. The minimum absolute atomic E-state index is 0.208. The molecule has 282 valence electrons. The van der Waals surface area contributed by atoms with E-state index in [1.807, 2.05) is 6.08 Å². The van der Waals surface area contributed by atoms with Gasteiger partial charge in [0.2, 0.25) is 0 Å². The standard InChI is InChI=1S/C39H73O8P/c1-3-5-7-9-11-13-15-17-19-21-23-25-27-29-31-33-38(40)45-35-37(36-46-48(42,43)44)47-39(41)34-32-30-28-26-24-22-20-18-16-14-12-10-8-6-4-2/h4,23,25,37H,2-3,5-22,24,26-36H2,1H3,(H2,42,43,44)/b25-23+/t37-/m1/s1. The highest BCUT2D eigenvalue weighted by atomic mass is 31.2. The molecule has 0 aromatic rings. The number of hydrogen-bond acceptors (Lipinski definition) is 6. The van der Waals surface area contributed by atoms with Crippen LogP contribution in [0.4, 0.5) is 0 Å². The minimum atomic E-state index is -4.75. The van der Waals surface area contributed by atoms with E-state index in [2.05, 4.69) is 30.2 Å². The van der Waals surface area contributed by atoms with Gasteiger partial charge in [-0.25, -0.2) is 4.57 Å². The molecular formula is C39H73O8P. The second kappa shape index (κ2) is 35.4. The molecule has 9 heteroatoms. The van der Waals surface area contributed by atoms with Crippen LogP contribution in [0.3, 0.4) is 0 Å². The number of hydrogen-bond donors (Lipinski definition) is 2. The molecule has 0 amide bonds. The lowest BCUT2D eigenvalue weighted by atomic mass is 10.0. The summed E-state index contributed by atoms with van der Waals surface area (Å²) in [6, 6.07) is 0. The second-order valence-electron chi connectivity index (χ2n) is 13.3. The van der Waals surface area contributed by atoms with Gasteiger partial charge in [0.15, 0.2) is 6.10 Å². The predicted molar refractivity (Wildman–Crippen MR) is 198 cm³/mol. The Bertz CT molecular complexity index is 825. The highest BCUT2D eigenvalue weighted by Gasteiger charge is 2.22. The van der Waals surface area contributed by atoms with Gasteiger partial charge in [0.1, 0.15) is 6.61 Å². The number of unbranched alkanes of at least 4 members (excludes halogenated alkanes) is 24.